The Kier molecular flexibility index (Phi) is 5.58. The molecule has 2 rings (SSSR count). The smallest absolute Gasteiger partial charge is 0.418 e. The molecule has 0 spiro atoms. The molecule has 128 valence electrons. The summed E-state index contributed by atoms with van der Waals surface area (Å²) in [5.41, 5.74) is -1.09. The molecule has 24 heavy (non-hydrogen) atoms. The van der Waals surface area contributed by atoms with Crippen molar-refractivity contribution in [2.75, 3.05) is 19.5 Å². The fourth-order valence-electron chi connectivity index (χ4n) is 2.00. The van der Waals surface area contributed by atoms with Gasteiger partial charge in [-0.1, -0.05) is 0 Å². The molecular weight excluding hydrogens is 438 g/mol. The SMILES string of the molecule is COc1cc(OC)cc(C(=O)Nc2cc(I)ccc2C(F)(F)F)c1. The summed E-state index contributed by atoms with van der Waals surface area (Å²) in [4.78, 5) is 12.3. The molecule has 0 radical (unpaired) electrons. The first-order chi connectivity index (χ1) is 11.2. The number of alkyl halides is 3. The van der Waals surface area contributed by atoms with Gasteiger partial charge in [0.05, 0.1) is 25.5 Å². The summed E-state index contributed by atoms with van der Waals surface area (Å²) in [6.07, 6.45) is -4.57. The Bertz CT molecular complexity index is 740. The van der Waals surface area contributed by atoms with Crippen molar-refractivity contribution in [3.63, 3.8) is 0 Å². The lowest BCUT2D eigenvalue weighted by Crippen LogP contribution is -2.17. The van der Waals surface area contributed by atoms with Crippen molar-refractivity contribution in [2.24, 2.45) is 0 Å². The molecule has 0 aliphatic heterocycles. The largest absolute Gasteiger partial charge is 0.497 e. The summed E-state index contributed by atoms with van der Waals surface area (Å²) in [5, 5.41) is 2.30. The van der Waals surface area contributed by atoms with Crippen LogP contribution in [0.2, 0.25) is 0 Å². The van der Waals surface area contributed by atoms with Crippen molar-refractivity contribution < 1.29 is 27.4 Å². The van der Waals surface area contributed by atoms with E-state index in [2.05, 4.69) is 5.32 Å². The highest BCUT2D eigenvalue weighted by Crippen LogP contribution is 2.36. The first kappa shape index (κ1) is 18.4. The van der Waals surface area contributed by atoms with Crippen LogP contribution in [0.4, 0.5) is 18.9 Å². The second kappa shape index (κ2) is 7.29. The molecule has 8 heteroatoms. The van der Waals surface area contributed by atoms with Crippen molar-refractivity contribution >= 4 is 34.2 Å². The summed E-state index contributed by atoms with van der Waals surface area (Å²) in [6, 6.07) is 7.91. The third-order valence-electron chi connectivity index (χ3n) is 3.15. The van der Waals surface area contributed by atoms with E-state index in [4.69, 9.17) is 9.47 Å². The first-order valence-corrected chi connectivity index (χ1v) is 7.73. The zero-order valence-electron chi connectivity index (χ0n) is 12.7. The Labute approximate surface area is 150 Å². The minimum absolute atomic E-state index is 0.123. The van der Waals surface area contributed by atoms with Crippen LogP contribution in [0.3, 0.4) is 0 Å². The van der Waals surface area contributed by atoms with Crippen LogP contribution in [0, 0.1) is 3.57 Å². The van der Waals surface area contributed by atoms with Crippen LogP contribution >= 0.6 is 22.6 Å². The standard InChI is InChI=1S/C16H13F3INO3/c1-23-11-5-9(6-12(8-11)24-2)15(22)21-14-7-10(20)3-4-13(14)16(17,18)19/h3-8H,1-2H3,(H,21,22). The molecule has 2 aromatic carbocycles. The van der Waals surface area contributed by atoms with Gasteiger partial charge in [-0.3, -0.25) is 4.79 Å². The summed E-state index contributed by atoms with van der Waals surface area (Å²) >= 11 is 1.88. The molecule has 0 saturated heterocycles. The number of anilines is 1. The van der Waals surface area contributed by atoms with Crippen LogP contribution < -0.4 is 14.8 Å². The molecule has 0 heterocycles. The maximum absolute atomic E-state index is 13.1. The van der Waals surface area contributed by atoms with Gasteiger partial charge in [0.15, 0.2) is 0 Å². The number of hydrogen-bond donors (Lipinski definition) is 1. The molecule has 0 fully saturated rings. The van der Waals surface area contributed by atoms with E-state index in [-0.39, 0.29) is 11.3 Å². The molecule has 0 aromatic heterocycles. The van der Waals surface area contributed by atoms with E-state index in [0.29, 0.717) is 15.1 Å². The number of nitrogens with one attached hydrogen (secondary N) is 1. The predicted octanol–water partition coefficient (Wildman–Crippen LogP) is 4.58. The van der Waals surface area contributed by atoms with Crippen molar-refractivity contribution in [3.05, 3.63) is 51.1 Å². The van der Waals surface area contributed by atoms with Gasteiger partial charge in [-0.05, 0) is 52.9 Å². The monoisotopic (exact) mass is 451 g/mol. The number of halogens is 4. The van der Waals surface area contributed by atoms with Gasteiger partial charge >= 0.3 is 6.18 Å². The van der Waals surface area contributed by atoms with Crippen LogP contribution in [0.15, 0.2) is 36.4 Å². The molecule has 2 aromatic rings. The summed E-state index contributed by atoms with van der Waals surface area (Å²) in [6.45, 7) is 0. The van der Waals surface area contributed by atoms with Crippen LogP contribution in [0.25, 0.3) is 0 Å². The normalized spacial score (nSPS) is 11.1. The molecule has 1 amide bonds. The molecule has 0 atom stereocenters. The summed E-state index contributed by atoms with van der Waals surface area (Å²) < 4.78 is 49.9. The summed E-state index contributed by atoms with van der Waals surface area (Å²) in [7, 11) is 2.83. The predicted molar refractivity (Wildman–Crippen MR) is 91.7 cm³/mol. The van der Waals surface area contributed by atoms with Gasteiger partial charge in [-0.2, -0.15) is 13.2 Å². The number of ether oxygens (including phenoxy) is 2. The van der Waals surface area contributed by atoms with Gasteiger partial charge in [-0.15, -0.1) is 0 Å². The Morgan fingerprint density at radius 1 is 1.04 bits per heavy atom. The van der Waals surface area contributed by atoms with Crippen LogP contribution in [0.1, 0.15) is 15.9 Å². The van der Waals surface area contributed by atoms with Gasteiger partial charge < -0.3 is 14.8 Å². The number of benzene rings is 2. The quantitative estimate of drug-likeness (QED) is 0.693. The number of hydrogen-bond acceptors (Lipinski definition) is 3. The van der Waals surface area contributed by atoms with E-state index in [0.717, 1.165) is 6.07 Å². The number of methoxy groups -OCH3 is 2. The van der Waals surface area contributed by atoms with Gasteiger partial charge in [0.25, 0.3) is 5.91 Å². The van der Waals surface area contributed by atoms with Gasteiger partial charge in [0.1, 0.15) is 11.5 Å². The molecule has 4 nitrogen and oxygen atoms in total. The van der Waals surface area contributed by atoms with Crippen molar-refractivity contribution in [2.45, 2.75) is 6.18 Å². The Morgan fingerprint density at radius 3 is 2.12 bits per heavy atom. The number of carbonyl (C=O) groups is 1. The van der Waals surface area contributed by atoms with Crippen LogP contribution in [0.5, 0.6) is 11.5 Å². The van der Waals surface area contributed by atoms with Crippen molar-refractivity contribution in [1.82, 2.24) is 0 Å². The number of carbonyl (C=O) groups excluding carboxylic acids is 1. The van der Waals surface area contributed by atoms with E-state index in [9.17, 15) is 18.0 Å². The average Bonchev–Trinajstić information content (AvgIpc) is 2.53. The second-order valence-corrected chi connectivity index (χ2v) is 5.99. The molecule has 0 saturated carbocycles. The average molecular weight is 451 g/mol. The highest BCUT2D eigenvalue weighted by atomic mass is 127. The minimum Gasteiger partial charge on any atom is -0.497 e. The molecule has 0 bridgehead atoms. The number of amides is 1. The second-order valence-electron chi connectivity index (χ2n) is 4.74. The third kappa shape index (κ3) is 4.31. The maximum Gasteiger partial charge on any atom is 0.418 e. The number of rotatable bonds is 4. The van der Waals surface area contributed by atoms with Crippen molar-refractivity contribution in [1.29, 1.82) is 0 Å². The van der Waals surface area contributed by atoms with Gasteiger partial charge in [-0.25, -0.2) is 0 Å². The van der Waals surface area contributed by atoms with Crippen molar-refractivity contribution in [3.8, 4) is 11.5 Å². The minimum atomic E-state index is -4.57. The lowest BCUT2D eigenvalue weighted by atomic mass is 10.1. The maximum atomic E-state index is 13.1. The highest BCUT2D eigenvalue weighted by Gasteiger charge is 2.34. The van der Waals surface area contributed by atoms with E-state index in [1.165, 1.54) is 38.5 Å². The van der Waals surface area contributed by atoms with Crippen LogP contribution in [-0.2, 0) is 6.18 Å². The van der Waals surface area contributed by atoms with E-state index >= 15 is 0 Å². The zero-order chi connectivity index (χ0) is 17.9. The van der Waals surface area contributed by atoms with E-state index in [1.54, 1.807) is 6.07 Å². The molecular formula is C16H13F3INO3. The zero-order valence-corrected chi connectivity index (χ0v) is 14.9. The lowest BCUT2D eigenvalue weighted by Gasteiger charge is -2.15. The van der Waals surface area contributed by atoms with E-state index in [1.807, 2.05) is 22.6 Å². The third-order valence-corrected chi connectivity index (χ3v) is 3.82. The summed E-state index contributed by atoms with van der Waals surface area (Å²) in [5.74, 6) is 0.0241. The topological polar surface area (TPSA) is 47.6 Å². The molecule has 0 aliphatic carbocycles. The Morgan fingerprint density at radius 2 is 1.62 bits per heavy atom. The fourth-order valence-corrected chi connectivity index (χ4v) is 2.49. The van der Waals surface area contributed by atoms with Gasteiger partial charge in [0.2, 0.25) is 0 Å². The molecule has 0 aliphatic rings. The Hall–Kier alpha value is -1.97. The lowest BCUT2D eigenvalue weighted by molar-refractivity contribution is -0.136. The Balaban J connectivity index is 2.38. The fraction of sp³-hybridized carbons (Fsp3) is 0.188. The highest BCUT2D eigenvalue weighted by molar-refractivity contribution is 14.1. The van der Waals surface area contributed by atoms with E-state index < -0.39 is 17.6 Å². The van der Waals surface area contributed by atoms with Crippen LogP contribution in [-0.4, -0.2) is 20.1 Å². The molecule has 0 unspecified atom stereocenters. The van der Waals surface area contributed by atoms with Gasteiger partial charge in [0, 0.05) is 15.2 Å². The molecule has 1 N–H and O–H groups in total. The first-order valence-electron chi connectivity index (χ1n) is 6.65.